The molecule has 0 saturated heterocycles. The molecule has 0 heterocycles. The molecule has 0 bridgehead atoms. The topological polar surface area (TPSA) is 0 Å². The molecular formula is C29H27Cl3Ti. The zero-order valence-corrected chi connectivity index (χ0v) is 22.4. The molecule has 1 saturated carbocycles. The summed E-state index contributed by atoms with van der Waals surface area (Å²) in [6, 6.07) is 33.3. The van der Waals surface area contributed by atoms with Gasteiger partial charge in [-0.25, -0.2) is 11.6 Å². The molecule has 33 heavy (non-hydrogen) atoms. The summed E-state index contributed by atoms with van der Waals surface area (Å²) in [6.45, 7) is 2.43. The monoisotopic (exact) mass is 528 g/mol. The molecule has 1 fully saturated rings. The van der Waals surface area contributed by atoms with E-state index in [1.165, 1.54) is 23.1 Å². The van der Waals surface area contributed by atoms with Crippen LogP contribution in [-0.2, 0) is 27.1 Å². The number of fused-ring (bicyclic) bond motifs is 1. The third-order valence-corrected chi connectivity index (χ3v) is 6.74. The van der Waals surface area contributed by atoms with Crippen molar-refractivity contribution >= 4 is 0 Å². The van der Waals surface area contributed by atoms with E-state index in [2.05, 4.69) is 116 Å². The molecule has 0 radical (unpaired) electrons. The van der Waals surface area contributed by atoms with Crippen LogP contribution in [0.5, 0.6) is 0 Å². The van der Waals surface area contributed by atoms with Crippen LogP contribution in [-0.4, -0.2) is 0 Å². The van der Waals surface area contributed by atoms with E-state index < -0.39 is 0 Å². The summed E-state index contributed by atoms with van der Waals surface area (Å²) in [4.78, 5) is 0. The normalized spacial score (nSPS) is 18.5. The second kappa shape index (κ2) is 12.9. The number of halogens is 3. The number of allylic oxidation sites excluding steroid dienone is 4. The number of hydrogen-bond donors (Lipinski definition) is 0. The summed E-state index contributed by atoms with van der Waals surface area (Å²) < 4.78 is 0. The van der Waals surface area contributed by atoms with Crippen molar-refractivity contribution in [1.82, 2.24) is 0 Å². The Labute approximate surface area is 232 Å². The van der Waals surface area contributed by atoms with Gasteiger partial charge in [-0.3, -0.25) is 0 Å². The maximum atomic E-state index is 2.43. The van der Waals surface area contributed by atoms with E-state index in [-0.39, 0.29) is 64.4 Å². The summed E-state index contributed by atoms with van der Waals surface area (Å²) >= 11 is 0. The van der Waals surface area contributed by atoms with E-state index in [0.717, 1.165) is 6.42 Å². The number of rotatable bonds is 4. The van der Waals surface area contributed by atoms with Crippen LogP contribution in [0.15, 0.2) is 115 Å². The molecule has 2 unspecified atom stereocenters. The van der Waals surface area contributed by atoms with Gasteiger partial charge in [0.05, 0.1) is 0 Å². The van der Waals surface area contributed by atoms with Gasteiger partial charge in [0.25, 0.3) is 0 Å². The first kappa shape index (κ1) is 29.6. The smallest absolute Gasteiger partial charge is 1.00 e. The Morgan fingerprint density at radius 2 is 1.12 bits per heavy atom. The Morgan fingerprint density at radius 1 is 0.697 bits per heavy atom. The van der Waals surface area contributed by atoms with Crippen LogP contribution in [0, 0.1) is 17.8 Å². The molecule has 2 aliphatic carbocycles. The maximum Gasteiger partial charge on any atom is 4.00 e. The predicted molar refractivity (Wildman–Crippen MR) is 122 cm³/mol. The molecule has 4 heteroatoms. The van der Waals surface area contributed by atoms with Gasteiger partial charge >= 0.3 is 21.7 Å². The predicted octanol–water partition coefficient (Wildman–Crippen LogP) is -1.85. The third kappa shape index (κ3) is 5.16. The van der Waals surface area contributed by atoms with Gasteiger partial charge < -0.3 is 37.2 Å². The van der Waals surface area contributed by atoms with Crippen LogP contribution < -0.4 is 37.2 Å². The van der Waals surface area contributed by atoms with Crippen LogP contribution in [0.25, 0.3) is 0 Å². The van der Waals surface area contributed by atoms with Gasteiger partial charge in [-0.1, -0.05) is 110 Å². The van der Waals surface area contributed by atoms with E-state index in [0.29, 0.717) is 11.8 Å². The molecule has 0 aliphatic heterocycles. The number of benzene rings is 3. The zero-order chi connectivity index (χ0) is 19.7. The Morgan fingerprint density at radius 3 is 1.55 bits per heavy atom. The Balaban J connectivity index is 0.00000136. The van der Waals surface area contributed by atoms with Crippen molar-refractivity contribution in [3.8, 4) is 0 Å². The van der Waals surface area contributed by atoms with Crippen LogP contribution in [0.2, 0.25) is 0 Å². The summed E-state index contributed by atoms with van der Waals surface area (Å²) in [6.07, 6.45) is 9.37. The molecule has 5 rings (SSSR count). The van der Waals surface area contributed by atoms with Crippen LogP contribution in [0.1, 0.15) is 36.5 Å². The van der Waals surface area contributed by atoms with Crippen molar-refractivity contribution < 1.29 is 58.9 Å². The van der Waals surface area contributed by atoms with Gasteiger partial charge in [-0.2, -0.15) is 5.92 Å². The second-order valence-electron chi connectivity index (χ2n) is 8.38. The first-order chi connectivity index (χ1) is 14.3. The van der Waals surface area contributed by atoms with Gasteiger partial charge in [0, 0.05) is 5.41 Å². The fourth-order valence-electron chi connectivity index (χ4n) is 5.66. The molecule has 0 N–H and O–H groups in total. The summed E-state index contributed by atoms with van der Waals surface area (Å²) in [5, 5.41) is 0. The minimum absolute atomic E-state index is 0. The SMILES string of the molecule is CC1CC2CC=CC=C2[C-]1C(c1ccccc1)(c1ccccc1)c1ccccc1.[Cl-].[Cl-].[Cl-].[Ti+4]. The average Bonchev–Trinajstić information content (AvgIpc) is 3.13. The van der Waals surface area contributed by atoms with Crippen molar-refractivity contribution in [3.63, 3.8) is 0 Å². The molecule has 0 aromatic heterocycles. The van der Waals surface area contributed by atoms with E-state index in [9.17, 15) is 0 Å². The zero-order valence-electron chi connectivity index (χ0n) is 18.6. The average molecular weight is 530 g/mol. The van der Waals surface area contributed by atoms with Gasteiger partial charge in [0.1, 0.15) is 0 Å². The van der Waals surface area contributed by atoms with Crippen molar-refractivity contribution in [2.45, 2.75) is 25.2 Å². The van der Waals surface area contributed by atoms with E-state index in [1.807, 2.05) is 0 Å². The Kier molecular flexibility index (Phi) is 11.6. The first-order valence-electron chi connectivity index (χ1n) is 10.7. The summed E-state index contributed by atoms with van der Waals surface area (Å²) in [7, 11) is 0. The van der Waals surface area contributed by atoms with Gasteiger partial charge in [-0.05, 0) is 29.0 Å². The van der Waals surface area contributed by atoms with Gasteiger partial charge in [0.2, 0.25) is 0 Å². The van der Waals surface area contributed by atoms with Crippen molar-refractivity contribution in [2.75, 3.05) is 0 Å². The molecule has 3 aromatic rings. The first-order valence-corrected chi connectivity index (χ1v) is 10.7. The van der Waals surface area contributed by atoms with E-state index >= 15 is 0 Å². The largest absolute Gasteiger partial charge is 4.00 e. The second-order valence-corrected chi connectivity index (χ2v) is 8.38. The summed E-state index contributed by atoms with van der Waals surface area (Å²) in [5.41, 5.74) is 5.35. The molecule has 0 nitrogen and oxygen atoms in total. The molecule has 2 atom stereocenters. The van der Waals surface area contributed by atoms with Crippen molar-refractivity contribution in [2.24, 2.45) is 11.8 Å². The van der Waals surface area contributed by atoms with E-state index in [1.54, 1.807) is 11.5 Å². The maximum absolute atomic E-state index is 2.43. The minimum atomic E-state index is -0.269. The Bertz CT molecular complexity index is 936. The third-order valence-electron chi connectivity index (χ3n) is 6.74. The molecule has 2 aliphatic rings. The van der Waals surface area contributed by atoms with Crippen molar-refractivity contribution in [3.05, 3.63) is 137 Å². The molecule has 0 amide bonds. The molecule has 3 aromatic carbocycles. The van der Waals surface area contributed by atoms with Crippen molar-refractivity contribution in [1.29, 1.82) is 0 Å². The summed E-state index contributed by atoms with van der Waals surface area (Å²) in [5.74, 6) is 2.75. The molecule has 0 spiro atoms. The van der Waals surface area contributed by atoms with Gasteiger partial charge in [0.15, 0.2) is 0 Å². The van der Waals surface area contributed by atoms with Crippen LogP contribution in [0.3, 0.4) is 0 Å². The standard InChI is InChI=1S/C29H27.3ClH.Ti/c1-22-21-23-13-11-12-20-27(23)28(22)29(24-14-5-2-6-15-24,25-16-7-3-8-17-25)26-18-9-4-10-19-26;;;;/h2-12,14-20,22-23H,13,21H2,1H3;3*1H;/q-1;;;;+4/p-3. The Hall–Kier alpha value is -1.41. The fraction of sp³-hybridized carbons (Fsp3) is 0.207. The number of hydrogen-bond acceptors (Lipinski definition) is 0. The quantitative estimate of drug-likeness (QED) is 0.212. The fourth-order valence-corrected chi connectivity index (χ4v) is 5.66. The molecule has 168 valence electrons. The van der Waals surface area contributed by atoms with Gasteiger partial charge in [-0.15, -0.1) is 12.2 Å². The van der Waals surface area contributed by atoms with E-state index in [4.69, 9.17) is 0 Å². The van der Waals surface area contributed by atoms with Crippen LogP contribution in [0.4, 0.5) is 0 Å². The van der Waals surface area contributed by atoms with Crippen LogP contribution >= 0.6 is 0 Å². The molecular weight excluding hydrogens is 503 g/mol. The minimum Gasteiger partial charge on any atom is -1.00 e.